The fraction of sp³-hybridized carbons (Fsp3) is 0.333. The summed E-state index contributed by atoms with van der Waals surface area (Å²) in [4.78, 5) is 1.20. The Hall–Kier alpha value is -0.420. The molecule has 1 nitrogen and oxygen atoms in total. The van der Waals surface area contributed by atoms with Gasteiger partial charge < -0.3 is 5.32 Å². The Balaban J connectivity index is 2.19. The molecule has 108 valence electrons. The number of halogens is 3. The maximum absolute atomic E-state index is 13.7. The van der Waals surface area contributed by atoms with E-state index in [1.54, 1.807) is 23.5 Å². The van der Waals surface area contributed by atoms with E-state index >= 15 is 0 Å². The first-order chi connectivity index (χ1) is 9.60. The number of rotatable bonds is 6. The SMILES string of the molecule is CCCNC(Cc1ccc(Cl)s1)c1ccc(Br)c(F)c1. The zero-order chi connectivity index (χ0) is 14.5. The van der Waals surface area contributed by atoms with Crippen LogP contribution in [0.1, 0.15) is 29.8 Å². The third-order valence-corrected chi connectivity index (χ3v) is 4.92. The van der Waals surface area contributed by atoms with Gasteiger partial charge in [-0.25, -0.2) is 4.39 Å². The Morgan fingerprint density at radius 2 is 2.15 bits per heavy atom. The van der Waals surface area contributed by atoms with Crippen LogP contribution in [0.3, 0.4) is 0 Å². The van der Waals surface area contributed by atoms with E-state index in [1.807, 2.05) is 18.2 Å². The zero-order valence-electron chi connectivity index (χ0n) is 11.1. The number of hydrogen-bond donors (Lipinski definition) is 1. The van der Waals surface area contributed by atoms with Crippen LogP contribution in [0.25, 0.3) is 0 Å². The molecule has 1 heterocycles. The smallest absolute Gasteiger partial charge is 0.137 e. The van der Waals surface area contributed by atoms with Crippen molar-refractivity contribution in [1.29, 1.82) is 0 Å². The summed E-state index contributed by atoms with van der Waals surface area (Å²) >= 11 is 10.7. The lowest BCUT2D eigenvalue weighted by Crippen LogP contribution is -2.24. The van der Waals surface area contributed by atoms with Crippen LogP contribution in [0, 0.1) is 5.82 Å². The Labute approximate surface area is 136 Å². The van der Waals surface area contributed by atoms with E-state index in [9.17, 15) is 4.39 Å². The van der Waals surface area contributed by atoms with Crippen molar-refractivity contribution in [2.75, 3.05) is 6.54 Å². The average molecular weight is 377 g/mol. The molecular formula is C15H16BrClFNS. The summed E-state index contributed by atoms with van der Waals surface area (Å²) in [6, 6.07) is 9.34. The molecule has 2 aromatic rings. The van der Waals surface area contributed by atoms with E-state index in [2.05, 4.69) is 28.2 Å². The lowest BCUT2D eigenvalue weighted by Gasteiger charge is -2.18. The molecule has 1 N–H and O–H groups in total. The summed E-state index contributed by atoms with van der Waals surface area (Å²) in [6.45, 7) is 3.02. The van der Waals surface area contributed by atoms with Gasteiger partial charge in [0.2, 0.25) is 0 Å². The molecule has 2 rings (SSSR count). The Kier molecular flexibility index (Phi) is 6.02. The van der Waals surface area contributed by atoms with E-state index in [0.717, 1.165) is 29.3 Å². The molecule has 20 heavy (non-hydrogen) atoms. The Bertz CT molecular complexity index is 573. The zero-order valence-corrected chi connectivity index (χ0v) is 14.3. The molecule has 0 fully saturated rings. The highest BCUT2D eigenvalue weighted by molar-refractivity contribution is 9.10. The molecule has 1 aromatic heterocycles. The molecule has 1 atom stereocenters. The molecule has 0 saturated heterocycles. The van der Waals surface area contributed by atoms with Gasteiger partial charge >= 0.3 is 0 Å². The van der Waals surface area contributed by atoms with Gasteiger partial charge in [-0.15, -0.1) is 11.3 Å². The molecule has 0 aliphatic heterocycles. The average Bonchev–Trinajstić information content (AvgIpc) is 2.83. The third kappa shape index (κ3) is 4.29. The maximum Gasteiger partial charge on any atom is 0.137 e. The highest BCUT2D eigenvalue weighted by Gasteiger charge is 2.14. The molecule has 0 bridgehead atoms. The van der Waals surface area contributed by atoms with Crippen molar-refractivity contribution in [1.82, 2.24) is 5.32 Å². The van der Waals surface area contributed by atoms with Crippen LogP contribution in [0.5, 0.6) is 0 Å². The first-order valence-corrected chi connectivity index (χ1v) is 8.51. The van der Waals surface area contributed by atoms with E-state index < -0.39 is 0 Å². The summed E-state index contributed by atoms with van der Waals surface area (Å²) in [5.74, 6) is -0.227. The van der Waals surface area contributed by atoms with E-state index in [-0.39, 0.29) is 11.9 Å². The van der Waals surface area contributed by atoms with Gasteiger partial charge in [0.1, 0.15) is 5.82 Å². The fourth-order valence-electron chi connectivity index (χ4n) is 2.02. The second kappa shape index (κ2) is 7.55. The van der Waals surface area contributed by atoms with Gasteiger partial charge in [0.25, 0.3) is 0 Å². The standard InChI is InChI=1S/C15H16BrClFNS/c1-2-7-19-14(9-11-4-6-15(17)20-11)10-3-5-12(16)13(18)8-10/h3-6,8,14,19H,2,7,9H2,1H3. The lowest BCUT2D eigenvalue weighted by atomic mass is 10.0. The molecule has 0 spiro atoms. The molecule has 0 amide bonds. The van der Waals surface area contributed by atoms with Crippen LogP contribution in [0.4, 0.5) is 4.39 Å². The largest absolute Gasteiger partial charge is 0.310 e. The van der Waals surface area contributed by atoms with Crippen molar-refractivity contribution in [3.8, 4) is 0 Å². The van der Waals surface area contributed by atoms with Crippen LogP contribution in [0.15, 0.2) is 34.8 Å². The van der Waals surface area contributed by atoms with Crippen molar-refractivity contribution in [3.05, 3.63) is 55.4 Å². The highest BCUT2D eigenvalue weighted by atomic mass is 79.9. The van der Waals surface area contributed by atoms with Gasteiger partial charge in [0.15, 0.2) is 0 Å². The molecule has 0 aliphatic rings. The first-order valence-electron chi connectivity index (χ1n) is 6.52. The number of hydrogen-bond acceptors (Lipinski definition) is 2. The Morgan fingerprint density at radius 3 is 2.75 bits per heavy atom. The van der Waals surface area contributed by atoms with Crippen molar-refractivity contribution in [3.63, 3.8) is 0 Å². The minimum atomic E-state index is -0.227. The van der Waals surface area contributed by atoms with Gasteiger partial charge in [-0.1, -0.05) is 24.6 Å². The van der Waals surface area contributed by atoms with Crippen LogP contribution < -0.4 is 5.32 Å². The van der Waals surface area contributed by atoms with Crippen LogP contribution >= 0.6 is 38.9 Å². The molecule has 0 radical (unpaired) electrons. The fourth-order valence-corrected chi connectivity index (χ4v) is 3.40. The molecule has 5 heteroatoms. The quantitative estimate of drug-likeness (QED) is 0.693. The third-order valence-electron chi connectivity index (χ3n) is 3.02. The van der Waals surface area contributed by atoms with Gasteiger partial charge in [0.05, 0.1) is 8.81 Å². The van der Waals surface area contributed by atoms with Gasteiger partial charge in [-0.05, 0) is 58.7 Å². The molecule has 1 aromatic carbocycles. The minimum absolute atomic E-state index is 0.104. The van der Waals surface area contributed by atoms with Gasteiger partial charge in [-0.3, -0.25) is 0 Å². The van der Waals surface area contributed by atoms with Crippen LogP contribution in [0.2, 0.25) is 4.34 Å². The molecule has 0 aliphatic carbocycles. The summed E-state index contributed by atoms with van der Waals surface area (Å²) in [7, 11) is 0. The molecule has 1 unspecified atom stereocenters. The number of nitrogens with one attached hydrogen (secondary N) is 1. The second-order valence-corrected chi connectivity index (χ2v) is 7.24. The van der Waals surface area contributed by atoms with Gasteiger partial charge in [-0.2, -0.15) is 0 Å². The van der Waals surface area contributed by atoms with E-state index in [1.165, 1.54) is 4.88 Å². The van der Waals surface area contributed by atoms with Gasteiger partial charge in [0, 0.05) is 17.3 Å². The predicted octanol–water partition coefficient (Wildman–Crippen LogP) is 5.59. The summed E-state index contributed by atoms with van der Waals surface area (Å²) in [5, 5.41) is 3.47. The summed E-state index contributed by atoms with van der Waals surface area (Å²) < 4.78 is 15.0. The Morgan fingerprint density at radius 1 is 1.35 bits per heavy atom. The number of thiophene rings is 1. The van der Waals surface area contributed by atoms with Crippen molar-refractivity contribution in [2.45, 2.75) is 25.8 Å². The van der Waals surface area contributed by atoms with Crippen molar-refractivity contribution in [2.24, 2.45) is 0 Å². The number of benzene rings is 1. The first kappa shape index (κ1) is 16.0. The van der Waals surface area contributed by atoms with E-state index in [4.69, 9.17) is 11.6 Å². The van der Waals surface area contributed by atoms with Crippen molar-refractivity contribution >= 4 is 38.9 Å². The summed E-state index contributed by atoms with van der Waals surface area (Å²) in [6.07, 6.45) is 1.86. The van der Waals surface area contributed by atoms with E-state index in [0.29, 0.717) is 4.47 Å². The maximum atomic E-state index is 13.7. The monoisotopic (exact) mass is 375 g/mol. The lowest BCUT2D eigenvalue weighted by molar-refractivity contribution is 0.526. The molecule has 0 saturated carbocycles. The van der Waals surface area contributed by atoms with Crippen LogP contribution in [-0.2, 0) is 6.42 Å². The topological polar surface area (TPSA) is 12.0 Å². The van der Waals surface area contributed by atoms with Crippen molar-refractivity contribution < 1.29 is 4.39 Å². The minimum Gasteiger partial charge on any atom is -0.310 e. The molecular weight excluding hydrogens is 361 g/mol. The highest BCUT2D eigenvalue weighted by Crippen LogP contribution is 2.28. The van der Waals surface area contributed by atoms with Crippen LogP contribution in [-0.4, -0.2) is 6.54 Å². The second-order valence-electron chi connectivity index (χ2n) is 4.59. The predicted molar refractivity (Wildman–Crippen MR) is 88.2 cm³/mol. The normalized spacial score (nSPS) is 12.6. The summed E-state index contributed by atoms with van der Waals surface area (Å²) in [5.41, 5.74) is 0.962.